The molecule has 7 nitrogen and oxygen atoms in total. The van der Waals surface area contributed by atoms with E-state index in [1.54, 1.807) is 25.1 Å². The van der Waals surface area contributed by atoms with Crippen LogP contribution in [0.5, 0.6) is 11.5 Å². The van der Waals surface area contributed by atoms with E-state index >= 15 is 0 Å². The topological polar surface area (TPSA) is 87.3 Å². The van der Waals surface area contributed by atoms with Gasteiger partial charge in [-0.05, 0) is 56.9 Å². The highest BCUT2D eigenvalue weighted by Crippen LogP contribution is 2.34. The molecule has 0 unspecified atom stereocenters. The highest BCUT2D eigenvalue weighted by Gasteiger charge is 2.21. The van der Waals surface area contributed by atoms with Gasteiger partial charge in [0, 0.05) is 5.02 Å². The van der Waals surface area contributed by atoms with Crippen molar-refractivity contribution in [3.05, 3.63) is 80.2 Å². The smallest absolute Gasteiger partial charge is 0.266 e. The third-order valence-electron chi connectivity index (χ3n) is 4.68. The number of para-hydroxylation sites is 1. The van der Waals surface area contributed by atoms with Gasteiger partial charge in [0.05, 0.1) is 22.5 Å². The number of halogens is 1. The Morgan fingerprint density at radius 2 is 1.97 bits per heavy atom. The standard InChI is InChI=1S/C23H21ClN4O3S/c1-13-19-21(29)26-18(12-28(2)3)27-23(19)32-20(13)22(30)25-16-11-14(24)9-10-17(16)31-15-7-5-4-6-8-15/h4-11H,12H2,1-3H3,(H,25,30)(H,26,27,29). The number of H-pyrrole nitrogens is 1. The number of benzene rings is 2. The summed E-state index contributed by atoms with van der Waals surface area (Å²) in [7, 11) is 3.78. The number of nitrogens with zero attached hydrogens (tertiary/aromatic N) is 2. The van der Waals surface area contributed by atoms with Gasteiger partial charge in [-0.2, -0.15) is 0 Å². The molecule has 9 heteroatoms. The van der Waals surface area contributed by atoms with Crippen LogP contribution in [0.3, 0.4) is 0 Å². The normalized spacial score (nSPS) is 11.2. The van der Waals surface area contributed by atoms with Crippen LogP contribution in [-0.2, 0) is 6.54 Å². The van der Waals surface area contributed by atoms with Crippen LogP contribution in [-0.4, -0.2) is 34.9 Å². The van der Waals surface area contributed by atoms with Crippen molar-refractivity contribution in [1.29, 1.82) is 0 Å². The molecule has 164 valence electrons. The summed E-state index contributed by atoms with van der Waals surface area (Å²) < 4.78 is 5.92. The number of aromatic amines is 1. The molecule has 2 aromatic heterocycles. The van der Waals surface area contributed by atoms with Crippen LogP contribution >= 0.6 is 22.9 Å². The summed E-state index contributed by atoms with van der Waals surface area (Å²) in [6, 6.07) is 14.3. The van der Waals surface area contributed by atoms with Gasteiger partial charge in [0.15, 0.2) is 5.75 Å². The van der Waals surface area contributed by atoms with Crippen molar-refractivity contribution < 1.29 is 9.53 Å². The van der Waals surface area contributed by atoms with Crippen LogP contribution in [0.25, 0.3) is 10.2 Å². The zero-order valence-electron chi connectivity index (χ0n) is 17.7. The maximum absolute atomic E-state index is 13.1. The fourth-order valence-electron chi connectivity index (χ4n) is 3.26. The van der Waals surface area contributed by atoms with E-state index in [1.807, 2.05) is 49.3 Å². The molecular weight excluding hydrogens is 448 g/mol. The maximum atomic E-state index is 13.1. The molecule has 2 aromatic carbocycles. The number of amides is 1. The summed E-state index contributed by atoms with van der Waals surface area (Å²) in [4.78, 5) is 35.9. The molecule has 0 atom stereocenters. The first-order chi connectivity index (χ1) is 15.3. The van der Waals surface area contributed by atoms with Gasteiger partial charge in [-0.25, -0.2) is 4.98 Å². The minimum atomic E-state index is -0.362. The number of ether oxygens (including phenoxy) is 1. The van der Waals surface area contributed by atoms with Crippen LogP contribution < -0.4 is 15.6 Å². The van der Waals surface area contributed by atoms with Gasteiger partial charge in [0.1, 0.15) is 16.4 Å². The SMILES string of the molecule is Cc1c(C(=O)Nc2cc(Cl)ccc2Oc2ccccc2)sc2nc(CN(C)C)[nH]c(=O)c12. The fourth-order valence-corrected chi connectivity index (χ4v) is 4.53. The van der Waals surface area contributed by atoms with E-state index in [4.69, 9.17) is 16.3 Å². The number of carbonyl (C=O) groups excluding carboxylic acids is 1. The number of rotatable bonds is 6. The zero-order valence-corrected chi connectivity index (χ0v) is 19.3. The third-order valence-corrected chi connectivity index (χ3v) is 6.10. The first-order valence-electron chi connectivity index (χ1n) is 9.82. The van der Waals surface area contributed by atoms with E-state index in [0.29, 0.717) is 55.2 Å². The van der Waals surface area contributed by atoms with Gasteiger partial charge in [-0.1, -0.05) is 29.8 Å². The summed E-state index contributed by atoms with van der Waals surface area (Å²) in [6.07, 6.45) is 0. The van der Waals surface area contributed by atoms with E-state index in [1.165, 1.54) is 11.3 Å². The van der Waals surface area contributed by atoms with Crippen molar-refractivity contribution in [2.75, 3.05) is 19.4 Å². The predicted molar refractivity (Wildman–Crippen MR) is 128 cm³/mol. The highest BCUT2D eigenvalue weighted by atomic mass is 35.5. The van der Waals surface area contributed by atoms with Gasteiger partial charge < -0.3 is 19.9 Å². The second-order valence-electron chi connectivity index (χ2n) is 7.50. The molecule has 4 aromatic rings. The molecule has 32 heavy (non-hydrogen) atoms. The van der Waals surface area contributed by atoms with Crippen molar-refractivity contribution in [3.63, 3.8) is 0 Å². The average Bonchev–Trinajstić information content (AvgIpc) is 3.07. The van der Waals surface area contributed by atoms with Gasteiger partial charge in [0.2, 0.25) is 0 Å². The third kappa shape index (κ3) is 4.67. The van der Waals surface area contributed by atoms with E-state index in [0.717, 1.165) is 0 Å². The molecule has 2 N–H and O–H groups in total. The van der Waals surface area contributed by atoms with E-state index in [-0.39, 0.29) is 11.5 Å². The Balaban J connectivity index is 1.67. The number of aryl methyl sites for hydroxylation is 1. The molecule has 0 aliphatic heterocycles. The summed E-state index contributed by atoms with van der Waals surface area (Å²) in [5, 5.41) is 3.75. The lowest BCUT2D eigenvalue weighted by Crippen LogP contribution is -2.18. The van der Waals surface area contributed by atoms with Crippen molar-refractivity contribution in [2.24, 2.45) is 0 Å². The first-order valence-corrected chi connectivity index (χ1v) is 11.0. The van der Waals surface area contributed by atoms with Gasteiger partial charge >= 0.3 is 0 Å². The van der Waals surface area contributed by atoms with Crippen LogP contribution in [0.4, 0.5) is 5.69 Å². The van der Waals surface area contributed by atoms with Crippen molar-refractivity contribution in [1.82, 2.24) is 14.9 Å². The number of nitrogens with one attached hydrogen (secondary N) is 2. The Morgan fingerprint density at radius 3 is 2.69 bits per heavy atom. The molecule has 0 radical (unpaired) electrons. The molecule has 0 saturated carbocycles. The Hall–Kier alpha value is -3.20. The lowest BCUT2D eigenvalue weighted by atomic mass is 10.2. The summed E-state index contributed by atoms with van der Waals surface area (Å²) in [6.45, 7) is 2.24. The second kappa shape index (κ2) is 9.12. The lowest BCUT2D eigenvalue weighted by molar-refractivity contribution is 0.103. The number of hydrogen-bond acceptors (Lipinski definition) is 6. The lowest BCUT2D eigenvalue weighted by Gasteiger charge is -2.12. The molecular formula is C23H21ClN4O3S. The molecule has 0 bridgehead atoms. The largest absolute Gasteiger partial charge is 0.455 e. The maximum Gasteiger partial charge on any atom is 0.266 e. The Bertz CT molecular complexity index is 1350. The molecule has 4 rings (SSSR count). The van der Waals surface area contributed by atoms with Crippen molar-refractivity contribution in [3.8, 4) is 11.5 Å². The molecule has 0 fully saturated rings. The number of fused-ring (bicyclic) bond motifs is 1. The molecule has 0 saturated heterocycles. The quantitative estimate of drug-likeness (QED) is 0.413. The fraction of sp³-hybridized carbons (Fsp3) is 0.174. The Labute approximate surface area is 193 Å². The van der Waals surface area contributed by atoms with E-state index in [2.05, 4.69) is 15.3 Å². The van der Waals surface area contributed by atoms with Gasteiger partial charge in [-0.3, -0.25) is 9.59 Å². The molecule has 1 amide bonds. The summed E-state index contributed by atoms with van der Waals surface area (Å²) in [5.41, 5.74) is 0.758. The van der Waals surface area contributed by atoms with Crippen LogP contribution in [0.1, 0.15) is 21.1 Å². The molecule has 0 spiro atoms. The zero-order chi connectivity index (χ0) is 22.8. The first kappa shape index (κ1) is 22.0. The molecule has 0 aliphatic rings. The van der Waals surface area contributed by atoms with E-state index < -0.39 is 0 Å². The number of anilines is 1. The Kier molecular flexibility index (Phi) is 6.27. The molecule has 2 heterocycles. The monoisotopic (exact) mass is 468 g/mol. The second-order valence-corrected chi connectivity index (χ2v) is 8.93. The average molecular weight is 469 g/mol. The summed E-state index contributed by atoms with van der Waals surface area (Å²) >= 11 is 7.35. The number of carbonyl (C=O) groups is 1. The van der Waals surface area contributed by atoms with Crippen LogP contribution in [0.2, 0.25) is 5.02 Å². The number of aromatic nitrogens is 2. The van der Waals surface area contributed by atoms with Crippen molar-refractivity contribution >= 4 is 44.7 Å². The minimum absolute atomic E-state index is 0.254. The predicted octanol–water partition coefficient (Wildman–Crippen LogP) is 5.05. The number of thiophene rings is 1. The van der Waals surface area contributed by atoms with Gasteiger partial charge in [0.25, 0.3) is 11.5 Å². The van der Waals surface area contributed by atoms with E-state index in [9.17, 15) is 9.59 Å². The highest BCUT2D eigenvalue weighted by molar-refractivity contribution is 7.20. The molecule has 0 aliphatic carbocycles. The Morgan fingerprint density at radius 1 is 1.22 bits per heavy atom. The van der Waals surface area contributed by atoms with Crippen LogP contribution in [0.15, 0.2) is 53.3 Å². The minimum Gasteiger partial charge on any atom is -0.455 e. The number of hydrogen-bond donors (Lipinski definition) is 2. The van der Waals surface area contributed by atoms with Crippen LogP contribution in [0, 0.1) is 6.92 Å². The van der Waals surface area contributed by atoms with Gasteiger partial charge in [-0.15, -0.1) is 11.3 Å². The van der Waals surface area contributed by atoms with Crippen molar-refractivity contribution in [2.45, 2.75) is 13.5 Å². The summed E-state index contributed by atoms with van der Waals surface area (Å²) in [5.74, 6) is 1.28.